The van der Waals surface area contributed by atoms with E-state index >= 15 is 0 Å². The number of aromatic nitrogens is 2. The molecular weight excluding hydrogens is 398 g/mol. The SMILES string of the molecule is O=C(CSc1nc2cc(Cl)ccc2c(=O)n1C1CCCCC1)N1CCOCC1. The highest BCUT2D eigenvalue weighted by molar-refractivity contribution is 7.99. The molecule has 8 heteroatoms. The molecule has 0 unspecified atom stereocenters. The second-order valence-electron chi connectivity index (χ2n) is 7.30. The molecule has 0 spiro atoms. The lowest BCUT2D eigenvalue weighted by Crippen LogP contribution is -2.41. The number of carbonyl (C=O) groups is 1. The van der Waals surface area contributed by atoms with Crippen molar-refractivity contribution in [2.75, 3.05) is 32.1 Å². The van der Waals surface area contributed by atoms with Gasteiger partial charge in [-0.25, -0.2) is 4.98 Å². The van der Waals surface area contributed by atoms with E-state index in [0.29, 0.717) is 47.4 Å². The van der Waals surface area contributed by atoms with Gasteiger partial charge >= 0.3 is 0 Å². The van der Waals surface area contributed by atoms with Crippen LogP contribution in [0.15, 0.2) is 28.2 Å². The molecule has 1 aromatic carbocycles. The van der Waals surface area contributed by atoms with Crippen LogP contribution in [0.4, 0.5) is 0 Å². The van der Waals surface area contributed by atoms with E-state index in [9.17, 15) is 9.59 Å². The van der Waals surface area contributed by atoms with Crippen LogP contribution in [0.25, 0.3) is 10.9 Å². The van der Waals surface area contributed by atoms with Gasteiger partial charge in [-0.3, -0.25) is 14.2 Å². The molecule has 2 heterocycles. The fraction of sp³-hybridized carbons (Fsp3) is 0.550. The van der Waals surface area contributed by atoms with Crippen molar-refractivity contribution in [2.24, 2.45) is 0 Å². The van der Waals surface area contributed by atoms with E-state index in [1.165, 1.54) is 18.2 Å². The molecule has 1 amide bonds. The Labute approximate surface area is 173 Å². The van der Waals surface area contributed by atoms with Crippen molar-refractivity contribution < 1.29 is 9.53 Å². The smallest absolute Gasteiger partial charge is 0.262 e. The first-order valence-electron chi connectivity index (χ1n) is 9.83. The zero-order valence-corrected chi connectivity index (χ0v) is 17.3. The summed E-state index contributed by atoms with van der Waals surface area (Å²) in [5, 5.41) is 1.75. The highest BCUT2D eigenvalue weighted by Gasteiger charge is 2.24. The number of hydrogen-bond donors (Lipinski definition) is 0. The zero-order chi connectivity index (χ0) is 19.5. The Morgan fingerprint density at radius 3 is 2.71 bits per heavy atom. The summed E-state index contributed by atoms with van der Waals surface area (Å²) >= 11 is 7.47. The lowest BCUT2D eigenvalue weighted by atomic mass is 9.95. The van der Waals surface area contributed by atoms with Gasteiger partial charge in [0.25, 0.3) is 5.56 Å². The number of carbonyl (C=O) groups excluding carboxylic acids is 1. The third-order valence-corrected chi connectivity index (χ3v) is 6.63. The molecular formula is C20H24ClN3O3S. The summed E-state index contributed by atoms with van der Waals surface area (Å²) in [6.45, 7) is 2.40. The number of fused-ring (bicyclic) bond motifs is 1. The predicted octanol–water partition coefficient (Wildman–Crippen LogP) is 3.51. The Kier molecular flexibility index (Phi) is 6.23. The van der Waals surface area contributed by atoms with Crippen LogP contribution in [-0.4, -0.2) is 52.4 Å². The standard InChI is InChI=1S/C20H24ClN3O3S/c21-14-6-7-16-17(12-14)22-20(24(19(16)26)15-4-2-1-3-5-15)28-13-18(25)23-8-10-27-11-9-23/h6-7,12,15H,1-5,8-11,13H2. The maximum Gasteiger partial charge on any atom is 0.262 e. The number of morpholine rings is 1. The molecule has 1 saturated heterocycles. The number of halogens is 1. The van der Waals surface area contributed by atoms with Crippen molar-refractivity contribution in [3.63, 3.8) is 0 Å². The first kappa shape index (κ1) is 19.7. The highest BCUT2D eigenvalue weighted by atomic mass is 35.5. The van der Waals surface area contributed by atoms with Crippen LogP contribution in [-0.2, 0) is 9.53 Å². The molecule has 1 aliphatic carbocycles. The Bertz CT molecular complexity index is 921. The molecule has 150 valence electrons. The molecule has 2 fully saturated rings. The molecule has 0 radical (unpaired) electrons. The van der Waals surface area contributed by atoms with Crippen LogP contribution in [0.2, 0.25) is 5.02 Å². The van der Waals surface area contributed by atoms with E-state index in [0.717, 1.165) is 25.7 Å². The van der Waals surface area contributed by atoms with E-state index in [-0.39, 0.29) is 23.3 Å². The predicted molar refractivity (Wildman–Crippen MR) is 111 cm³/mol. The minimum Gasteiger partial charge on any atom is -0.378 e. The summed E-state index contributed by atoms with van der Waals surface area (Å²) in [6, 6.07) is 5.35. The van der Waals surface area contributed by atoms with Gasteiger partial charge in [0, 0.05) is 24.2 Å². The number of rotatable bonds is 4. The van der Waals surface area contributed by atoms with Crippen LogP contribution < -0.4 is 5.56 Å². The zero-order valence-electron chi connectivity index (χ0n) is 15.7. The Hall–Kier alpha value is -1.57. The van der Waals surface area contributed by atoms with Crippen molar-refractivity contribution in [1.29, 1.82) is 0 Å². The van der Waals surface area contributed by atoms with Crippen LogP contribution >= 0.6 is 23.4 Å². The van der Waals surface area contributed by atoms with E-state index in [1.54, 1.807) is 18.2 Å². The van der Waals surface area contributed by atoms with Crippen LogP contribution in [0.3, 0.4) is 0 Å². The van der Waals surface area contributed by atoms with Crippen LogP contribution in [0, 0.1) is 0 Å². The normalized spacial score (nSPS) is 18.5. The molecule has 0 atom stereocenters. The van der Waals surface area contributed by atoms with Gasteiger partial charge < -0.3 is 9.64 Å². The van der Waals surface area contributed by atoms with E-state index in [4.69, 9.17) is 21.3 Å². The minimum absolute atomic E-state index is 0.0325. The number of hydrogen-bond acceptors (Lipinski definition) is 5. The van der Waals surface area contributed by atoms with Gasteiger partial charge in [-0.05, 0) is 31.0 Å². The molecule has 28 heavy (non-hydrogen) atoms. The monoisotopic (exact) mass is 421 g/mol. The first-order valence-corrected chi connectivity index (χ1v) is 11.2. The van der Waals surface area contributed by atoms with Gasteiger partial charge in [0.05, 0.1) is 29.9 Å². The average molecular weight is 422 g/mol. The van der Waals surface area contributed by atoms with E-state index in [2.05, 4.69) is 0 Å². The number of ether oxygens (including phenoxy) is 1. The maximum absolute atomic E-state index is 13.3. The average Bonchev–Trinajstić information content (AvgIpc) is 2.73. The van der Waals surface area contributed by atoms with Gasteiger partial charge in [0.1, 0.15) is 0 Å². The molecule has 1 aliphatic heterocycles. The third kappa shape index (κ3) is 4.21. The largest absolute Gasteiger partial charge is 0.378 e. The summed E-state index contributed by atoms with van der Waals surface area (Å²) in [5.74, 6) is 0.328. The molecule has 2 aliphatic rings. The molecule has 6 nitrogen and oxygen atoms in total. The topological polar surface area (TPSA) is 64.4 Å². The van der Waals surface area contributed by atoms with Gasteiger partial charge in [-0.2, -0.15) is 0 Å². The van der Waals surface area contributed by atoms with Crippen LogP contribution in [0.1, 0.15) is 38.1 Å². The molecule has 0 N–H and O–H groups in total. The van der Waals surface area contributed by atoms with Gasteiger partial charge in [-0.15, -0.1) is 0 Å². The second kappa shape index (κ2) is 8.84. The molecule has 1 saturated carbocycles. The quantitative estimate of drug-likeness (QED) is 0.558. The maximum atomic E-state index is 13.3. The van der Waals surface area contributed by atoms with Gasteiger partial charge in [-0.1, -0.05) is 42.6 Å². The van der Waals surface area contributed by atoms with Gasteiger partial charge in [0.15, 0.2) is 5.16 Å². The van der Waals surface area contributed by atoms with Crippen molar-refractivity contribution in [2.45, 2.75) is 43.3 Å². The summed E-state index contributed by atoms with van der Waals surface area (Å²) < 4.78 is 7.14. The first-order chi connectivity index (χ1) is 13.6. The summed E-state index contributed by atoms with van der Waals surface area (Å²) in [4.78, 5) is 32.4. The van der Waals surface area contributed by atoms with E-state index in [1.807, 2.05) is 9.47 Å². The summed E-state index contributed by atoms with van der Waals surface area (Å²) in [6.07, 6.45) is 5.40. The van der Waals surface area contributed by atoms with Crippen molar-refractivity contribution in [1.82, 2.24) is 14.5 Å². The van der Waals surface area contributed by atoms with Crippen molar-refractivity contribution in [3.8, 4) is 0 Å². The van der Waals surface area contributed by atoms with E-state index < -0.39 is 0 Å². The Balaban J connectivity index is 1.66. The lowest BCUT2D eigenvalue weighted by molar-refractivity contribution is -0.132. The number of amides is 1. The molecule has 1 aromatic heterocycles. The summed E-state index contributed by atoms with van der Waals surface area (Å²) in [5.41, 5.74) is 0.556. The summed E-state index contributed by atoms with van der Waals surface area (Å²) in [7, 11) is 0. The molecule has 2 aromatic rings. The molecule has 0 bridgehead atoms. The fourth-order valence-corrected chi connectivity index (χ4v) is 5.08. The number of benzene rings is 1. The highest BCUT2D eigenvalue weighted by Crippen LogP contribution is 2.31. The van der Waals surface area contributed by atoms with Crippen LogP contribution in [0.5, 0.6) is 0 Å². The number of thioether (sulfide) groups is 1. The lowest BCUT2D eigenvalue weighted by Gasteiger charge is -2.28. The Morgan fingerprint density at radius 1 is 1.21 bits per heavy atom. The fourth-order valence-electron chi connectivity index (χ4n) is 3.95. The number of nitrogens with zero attached hydrogens (tertiary/aromatic N) is 3. The third-order valence-electron chi connectivity index (χ3n) is 5.46. The van der Waals surface area contributed by atoms with Crippen molar-refractivity contribution in [3.05, 3.63) is 33.6 Å². The van der Waals surface area contributed by atoms with Crippen molar-refractivity contribution >= 4 is 40.2 Å². The minimum atomic E-state index is -0.0325. The Morgan fingerprint density at radius 2 is 1.96 bits per heavy atom. The second-order valence-corrected chi connectivity index (χ2v) is 8.68. The molecule has 4 rings (SSSR count). The van der Waals surface area contributed by atoms with Gasteiger partial charge in [0.2, 0.25) is 5.91 Å².